The summed E-state index contributed by atoms with van der Waals surface area (Å²) < 4.78 is 0. The number of rotatable bonds is 4. The van der Waals surface area contributed by atoms with Gasteiger partial charge in [0.15, 0.2) is 0 Å². The van der Waals surface area contributed by atoms with Crippen LogP contribution in [0.25, 0.3) is 0 Å². The average molecular weight is 236 g/mol. The number of aliphatic hydroxyl groups excluding tert-OH is 1. The Balaban J connectivity index is 2.04. The molecule has 1 saturated carbocycles. The highest BCUT2D eigenvalue weighted by atomic mass is 16.3. The normalized spacial score (nSPS) is 23.1. The van der Waals surface area contributed by atoms with Crippen LogP contribution in [0.1, 0.15) is 18.4 Å². The highest BCUT2D eigenvalue weighted by Crippen LogP contribution is 2.29. The zero-order valence-electron chi connectivity index (χ0n) is 10.6. The van der Waals surface area contributed by atoms with Gasteiger partial charge in [-0.15, -0.1) is 0 Å². The van der Waals surface area contributed by atoms with Crippen LogP contribution in [0.2, 0.25) is 0 Å². The lowest BCUT2D eigenvalue weighted by molar-refractivity contribution is 0.0464. The third-order valence-electron chi connectivity index (χ3n) is 3.27. The van der Waals surface area contributed by atoms with Crippen molar-refractivity contribution in [1.29, 1.82) is 0 Å². The van der Waals surface area contributed by atoms with Crippen molar-refractivity contribution in [2.45, 2.75) is 25.9 Å². The van der Waals surface area contributed by atoms with Crippen molar-refractivity contribution in [2.75, 3.05) is 30.9 Å². The standard InChI is InChI=1S/C12H20N4O/c1-8-6-14-12(13-2)15-11(8)16(3)7-9-4-10(17)5-9/h6,9-10,17H,4-5,7H2,1-3H3,(H,13,14,15). The summed E-state index contributed by atoms with van der Waals surface area (Å²) in [6.45, 7) is 2.96. The van der Waals surface area contributed by atoms with Crippen LogP contribution in [0.15, 0.2) is 6.20 Å². The van der Waals surface area contributed by atoms with Gasteiger partial charge in [-0.2, -0.15) is 4.98 Å². The van der Waals surface area contributed by atoms with Crippen LogP contribution in [0.4, 0.5) is 11.8 Å². The molecule has 1 fully saturated rings. The fourth-order valence-corrected chi connectivity index (χ4v) is 2.26. The van der Waals surface area contributed by atoms with Crippen molar-refractivity contribution in [2.24, 2.45) is 5.92 Å². The van der Waals surface area contributed by atoms with Crippen LogP contribution in [-0.4, -0.2) is 41.8 Å². The Morgan fingerprint density at radius 2 is 2.24 bits per heavy atom. The number of hydrogen-bond acceptors (Lipinski definition) is 5. The molecule has 0 atom stereocenters. The van der Waals surface area contributed by atoms with Crippen molar-refractivity contribution < 1.29 is 5.11 Å². The van der Waals surface area contributed by atoms with Gasteiger partial charge in [-0.05, 0) is 25.7 Å². The molecular formula is C12H20N4O. The molecule has 1 aliphatic rings. The molecule has 2 N–H and O–H groups in total. The van der Waals surface area contributed by atoms with Gasteiger partial charge in [-0.25, -0.2) is 4.98 Å². The zero-order valence-corrected chi connectivity index (χ0v) is 10.6. The number of aliphatic hydroxyl groups is 1. The van der Waals surface area contributed by atoms with E-state index in [4.69, 9.17) is 0 Å². The molecule has 1 aromatic heterocycles. The number of aromatic nitrogens is 2. The van der Waals surface area contributed by atoms with Gasteiger partial charge in [-0.1, -0.05) is 0 Å². The first kappa shape index (κ1) is 12.1. The molecule has 0 unspecified atom stereocenters. The Morgan fingerprint density at radius 3 is 2.82 bits per heavy atom. The maximum Gasteiger partial charge on any atom is 0.224 e. The van der Waals surface area contributed by atoms with Crippen LogP contribution in [-0.2, 0) is 0 Å². The quantitative estimate of drug-likeness (QED) is 0.817. The second-order valence-electron chi connectivity index (χ2n) is 4.82. The topological polar surface area (TPSA) is 61.3 Å². The molecule has 2 rings (SSSR count). The smallest absolute Gasteiger partial charge is 0.224 e. The van der Waals surface area contributed by atoms with Crippen molar-refractivity contribution >= 4 is 11.8 Å². The summed E-state index contributed by atoms with van der Waals surface area (Å²) in [5.41, 5.74) is 1.08. The molecule has 0 radical (unpaired) electrons. The first-order chi connectivity index (χ1) is 8.10. The van der Waals surface area contributed by atoms with E-state index in [-0.39, 0.29) is 6.10 Å². The predicted octanol–water partition coefficient (Wildman–Crippen LogP) is 1.03. The molecule has 0 saturated heterocycles. The van der Waals surface area contributed by atoms with Crippen LogP contribution in [0.3, 0.4) is 0 Å². The van der Waals surface area contributed by atoms with E-state index in [0.29, 0.717) is 11.9 Å². The molecule has 0 aromatic carbocycles. The van der Waals surface area contributed by atoms with Gasteiger partial charge < -0.3 is 15.3 Å². The van der Waals surface area contributed by atoms with Gasteiger partial charge >= 0.3 is 0 Å². The zero-order chi connectivity index (χ0) is 12.4. The SMILES string of the molecule is CNc1ncc(C)c(N(C)CC2CC(O)C2)n1. The molecule has 0 aliphatic heterocycles. The second kappa shape index (κ2) is 4.87. The number of anilines is 2. The lowest BCUT2D eigenvalue weighted by atomic mass is 9.82. The molecule has 1 aromatic rings. The fourth-order valence-electron chi connectivity index (χ4n) is 2.26. The summed E-state index contributed by atoms with van der Waals surface area (Å²) in [5, 5.41) is 12.2. The van der Waals surface area contributed by atoms with Gasteiger partial charge in [0.2, 0.25) is 5.95 Å². The molecule has 5 heteroatoms. The Labute approximate surface area is 102 Å². The average Bonchev–Trinajstić information content (AvgIpc) is 2.27. The Hall–Kier alpha value is -1.36. The Bertz CT molecular complexity index is 390. The molecule has 0 amide bonds. The molecule has 94 valence electrons. The van der Waals surface area contributed by atoms with Gasteiger partial charge in [-0.3, -0.25) is 0 Å². The number of nitrogens with one attached hydrogen (secondary N) is 1. The van der Waals surface area contributed by atoms with Gasteiger partial charge in [0.05, 0.1) is 6.10 Å². The lowest BCUT2D eigenvalue weighted by Crippen LogP contribution is -2.37. The molecule has 1 heterocycles. The van der Waals surface area contributed by atoms with E-state index in [1.807, 2.05) is 27.2 Å². The third-order valence-corrected chi connectivity index (χ3v) is 3.27. The van der Waals surface area contributed by atoms with Gasteiger partial charge in [0.25, 0.3) is 0 Å². The van der Waals surface area contributed by atoms with E-state index in [2.05, 4.69) is 20.2 Å². The van der Waals surface area contributed by atoms with E-state index in [0.717, 1.165) is 30.8 Å². The summed E-state index contributed by atoms with van der Waals surface area (Å²) in [4.78, 5) is 10.8. The summed E-state index contributed by atoms with van der Waals surface area (Å²) in [5.74, 6) is 2.19. The largest absolute Gasteiger partial charge is 0.393 e. The molecule has 1 aliphatic carbocycles. The van der Waals surface area contributed by atoms with Crippen LogP contribution >= 0.6 is 0 Å². The summed E-state index contributed by atoms with van der Waals surface area (Å²) >= 11 is 0. The number of hydrogen-bond donors (Lipinski definition) is 2. The summed E-state index contributed by atoms with van der Waals surface area (Å²) in [6, 6.07) is 0. The Morgan fingerprint density at radius 1 is 1.53 bits per heavy atom. The maximum absolute atomic E-state index is 9.28. The van der Waals surface area contributed by atoms with E-state index < -0.39 is 0 Å². The van der Waals surface area contributed by atoms with Crippen LogP contribution in [0.5, 0.6) is 0 Å². The molecule has 0 bridgehead atoms. The minimum absolute atomic E-state index is 0.0900. The van der Waals surface area contributed by atoms with Crippen molar-refractivity contribution in [1.82, 2.24) is 9.97 Å². The van der Waals surface area contributed by atoms with Crippen molar-refractivity contribution in [3.63, 3.8) is 0 Å². The number of nitrogens with zero attached hydrogens (tertiary/aromatic N) is 3. The monoisotopic (exact) mass is 236 g/mol. The molecule has 17 heavy (non-hydrogen) atoms. The second-order valence-corrected chi connectivity index (χ2v) is 4.82. The van der Waals surface area contributed by atoms with Crippen molar-refractivity contribution in [3.8, 4) is 0 Å². The Kier molecular flexibility index (Phi) is 3.47. The molecule has 0 spiro atoms. The van der Waals surface area contributed by atoms with Gasteiger partial charge in [0.1, 0.15) is 5.82 Å². The first-order valence-electron chi connectivity index (χ1n) is 6.00. The number of aryl methyl sites for hydroxylation is 1. The maximum atomic E-state index is 9.28. The summed E-state index contributed by atoms with van der Waals surface area (Å²) in [6.07, 6.45) is 3.56. The minimum Gasteiger partial charge on any atom is -0.393 e. The minimum atomic E-state index is -0.0900. The van der Waals surface area contributed by atoms with Gasteiger partial charge in [0, 0.05) is 32.4 Å². The summed E-state index contributed by atoms with van der Waals surface area (Å²) in [7, 11) is 3.86. The predicted molar refractivity (Wildman–Crippen MR) is 68.3 cm³/mol. The fraction of sp³-hybridized carbons (Fsp3) is 0.667. The van der Waals surface area contributed by atoms with E-state index in [9.17, 15) is 5.11 Å². The lowest BCUT2D eigenvalue weighted by Gasteiger charge is -2.35. The van der Waals surface area contributed by atoms with E-state index in [1.54, 1.807) is 0 Å². The highest BCUT2D eigenvalue weighted by Gasteiger charge is 2.28. The first-order valence-corrected chi connectivity index (χ1v) is 6.00. The third kappa shape index (κ3) is 2.66. The molecule has 5 nitrogen and oxygen atoms in total. The van der Waals surface area contributed by atoms with E-state index >= 15 is 0 Å². The van der Waals surface area contributed by atoms with Crippen LogP contribution < -0.4 is 10.2 Å². The van der Waals surface area contributed by atoms with E-state index in [1.165, 1.54) is 0 Å². The van der Waals surface area contributed by atoms with Crippen molar-refractivity contribution in [3.05, 3.63) is 11.8 Å². The highest BCUT2D eigenvalue weighted by molar-refractivity contribution is 5.48. The van der Waals surface area contributed by atoms with Crippen LogP contribution in [0, 0.1) is 12.8 Å². The molecular weight excluding hydrogens is 216 g/mol.